The fourth-order valence-corrected chi connectivity index (χ4v) is 0.949. The number of phenolic OH excluding ortho intramolecular Hbond substituents is 1. The number of aromatic hydroxyl groups is 1. The monoisotopic (exact) mass is 221 g/mol. The lowest BCUT2D eigenvalue weighted by atomic mass is 10.2. The van der Waals surface area contributed by atoms with Crippen molar-refractivity contribution in [1.29, 1.82) is 0 Å². The number of hydrogen-bond donors (Lipinski definition) is 2. The maximum Gasteiger partial charge on any atom is 0.385 e. The molecule has 0 saturated heterocycles. The molecule has 0 heterocycles. The third-order valence-corrected chi connectivity index (χ3v) is 1.68. The molecular formula is C9H10F3NO2. The predicted molar refractivity (Wildman–Crippen MR) is 47.0 cm³/mol. The molecule has 0 aliphatic carbocycles. The molecule has 1 aromatic rings. The Morgan fingerprint density at radius 2 is 1.87 bits per heavy atom. The molecule has 6 heteroatoms. The molecule has 1 atom stereocenters. The first-order valence-corrected chi connectivity index (χ1v) is 4.11. The lowest BCUT2D eigenvalue weighted by Gasteiger charge is -2.19. The van der Waals surface area contributed by atoms with Crippen molar-refractivity contribution in [1.82, 2.24) is 0 Å². The van der Waals surface area contributed by atoms with Crippen molar-refractivity contribution in [2.24, 2.45) is 5.73 Å². The second kappa shape index (κ2) is 4.50. The number of phenols is 1. The van der Waals surface area contributed by atoms with Gasteiger partial charge in [-0.3, -0.25) is 4.74 Å². The fourth-order valence-electron chi connectivity index (χ4n) is 0.949. The number of nitrogens with two attached hydrogens (primary N) is 1. The summed E-state index contributed by atoms with van der Waals surface area (Å²) in [7, 11) is 0. The van der Waals surface area contributed by atoms with Crippen LogP contribution in [-0.4, -0.2) is 17.9 Å². The van der Waals surface area contributed by atoms with E-state index in [0.29, 0.717) is 0 Å². The van der Waals surface area contributed by atoms with Crippen molar-refractivity contribution in [3.63, 3.8) is 0 Å². The quantitative estimate of drug-likeness (QED) is 0.764. The van der Waals surface area contributed by atoms with Gasteiger partial charge in [0.2, 0.25) is 0 Å². The number of alkyl halides is 3. The molecule has 84 valence electrons. The summed E-state index contributed by atoms with van der Waals surface area (Å²) in [6, 6.07) is 5.17. The predicted octanol–water partition coefficient (Wildman–Crippen LogP) is 1.93. The third-order valence-electron chi connectivity index (χ3n) is 1.68. The Kier molecular flexibility index (Phi) is 3.54. The molecule has 1 aromatic carbocycles. The molecule has 15 heavy (non-hydrogen) atoms. The maximum absolute atomic E-state index is 12.4. The van der Waals surface area contributed by atoms with Crippen molar-refractivity contribution in [3.05, 3.63) is 29.8 Å². The van der Waals surface area contributed by atoms with Crippen LogP contribution in [0.25, 0.3) is 0 Å². The van der Waals surface area contributed by atoms with E-state index in [2.05, 4.69) is 4.74 Å². The minimum atomic E-state index is -3.89. The molecule has 0 bridgehead atoms. The highest BCUT2D eigenvalue weighted by Gasteiger charge is 2.33. The van der Waals surface area contributed by atoms with E-state index in [1.54, 1.807) is 0 Å². The second-order valence-corrected chi connectivity index (χ2v) is 2.90. The van der Waals surface area contributed by atoms with Gasteiger partial charge >= 0.3 is 6.11 Å². The Labute approximate surface area is 84.3 Å². The van der Waals surface area contributed by atoms with Crippen molar-refractivity contribution < 1.29 is 23.0 Å². The summed E-state index contributed by atoms with van der Waals surface area (Å²) in [5.74, 6) is -0.0248. The Bertz CT molecular complexity index is 316. The zero-order valence-corrected chi connectivity index (χ0v) is 7.66. The molecule has 1 unspecified atom stereocenters. The van der Waals surface area contributed by atoms with Gasteiger partial charge in [0.15, 0.2) is 6.67 Å². The van der Waals surface area contributed by atoms with Crippen LogP contribution in [0.3, 0.4) is 0 Å². The number of benzene rings is 1. The van der Waals surface area contributed by atoms with Crippen molar-refractivity contribution in [3.8, 4) is 5.75 Å². The normalized spacial score (nSPS) is 13.9. The molecule has 0 aliphatic heterocycles. The second-order valence-electron chi connectivity index (χ2n) is 2.90. The van der Waals surface area contributed by atoms with Crippen molar-refractivity contribution >= 4 is 0 Å². The average molecular weight is 221 g/mol. The van der Waals surface area contributed by atoms with Gasteiger partial charge in [-0.05, 0) is 17.7 Å². The summed E-state index contributed by atoms with van der Waals surface area (Å²) in [6.45, 7) is -1.93. The molecule has 0 amide bonds. The Morgan fingerprint density at radius 3 is 2.33 bits per heavy atom. The number of hydrogen-bond acceptors (Lipinski definition) is 3. The smallest absolute Gasteiger partial charge is 0.385 e. The summed E-state index contributed by atoms with van der Waals surface area (Å²) in [6.07, 6.45) is -5.33. The SMILES string of the molecule is NC(OC(F)(F)CF)c1ccc(O)cc1. The molecule has 0 fully saturated rings. The van der Waals surface area contributed by atoms with E-state index in [-0.39, 0.29) is 11.3 Å². The van der Waals surface area contributed by atoms with E-state index < -0.39 is 19.0 Å². The zero-order chi connectivity index (χ0) is 11.5. The lowest BCUT2D eigenvalue weighted by Crippen LogP contribution is -2.29. The highest BCUT2D eigenvalue weighted by atomic mass is 19.3. The van der Waals surface area contributed by atoms with E-state index in [1.807, 2.05) is 0 Å². The van der Waals surface area contributed by atoms with Crippen LogP contribution in [0.2, 0.25) is 0 Å². The maximum atomic E-state index is 12.4. The van der Waals surface area contributed by atoms with Gasteiger partial charge in [-0.1, -0.05) is 12.1 Å². The molecule has 3 nitrogen and oxygen atoms in total. The first kappa shape index (κ1) is 11.8. The van der Waals surface area contributed by atoms with Crippen LogP contribution in [0.4, 0.5) is 13.2 Å². The minimum Gasteiger partial charge on any atom is -0.508 e. The summed E-state index contributed by atoms with van der Waals surface area (Å²) in [5.41, 5.74) is 5.48. The fraction of sp³-hybridized carbons (Fsp3) is 0.333. The summed E-state index contributed by atoms with van der Waals surface area (Å²) >= 11 is 0. The van der Waals surface area contributed by atoms with Crippen LogP contribution in [-0.2, 0) is 4.74 Å². The van der Waals surface area contributed by atoms with Crippen LogP contribution in [0, 0.1) is 0 Å². The summed E-state index contributed by atoms with van der Waals surface area (Å²) in [5, 5.41) is 8.93. The van der Waals surface area contributed by atoms with E-state index in [9.17, 15) is 13.2 Å². The highest BCUT2D eigenvalue weighted by molar-refractivity contribution is 5.26. The van der Waals surface area contributed by atoms with Crippen LogP contribution in [0.15, 0.2) is 24.3 Å². The van der Waals surface area contributed by atoms with Crippen molar-refractivity contribution in [2.75, 3.05) is 6.67 Å². The minimum absolute atomic E-state index is 0.0248. The Balaban J connectivity index is 2.69. The number of rotatable bonds is 4. The van der Waals surface area contributed by atoms with Gasteiger partial charge < -0.3 is 10.8 Å². The standard InChI is InChI=1S/C9H10F3NO2/c10-5-9(11,12)15-8(13)6-1-3-7(14)4-2-6/h1-4,8,14H,5,13H2. The molecule has 0 aliphatic rings. The Morgan fingerprint density at radius 1 is 1.33 bits per heavy atom. The summed E-state index contributed by atoms with van der Waals surface area (Å²) < 4.78 is 40.6. The largest absolute Gasteiger partial charge is 0.508 e. The third kappa shape index (κ3) is 3.41. The van der Waals surface area contributed by atoms with Gasteiger partial charge in [0.05, 0.1) is 0 Å². The van der Waals surface area contributed by atoms with Crippen molar-refractivity contribution in [2.45, 2.75) is 12.3 Å². The van der Waals surface area contributed by atoms with Crippen LogP contribution in [0.1, 0.15) is 11.8 Å². The first-order chi connectivity index (χ1) is 6.94. The molecular weight excluding hydrogens is 211 g/mol. The van der Waals surface area contributed by atoms with Gasteiger partial charge in [-0.15, -0.1) is 0 Å². The highest BCUT2D eigenvalue weighted by Crippen LogP contribution is 2.24. The molecule has 3 N–H and O–H groups in total. The van der Waals surface area contributed by atoms with Gasteiger partial charge in [-0.2, -0.15) is 8.78 Å². The molecule has 0 aromatic heterocycles. The van der Waals surface area contributed by atoms with Gasteiger partial charge in [0, 0.05) is 0 Å². The lowest BCUT2D eigenvalue weighted by molar-refractivity contribution is -0.270. The number of halogens is 3. The van der Waals surface area contributed by atoms with Gasteiger partial charge in [-0.25, -0.2) is 4.39 Å². The van der Waals surface area contributed by atoms with Crippen LogP contribution < -0.4 is 5.73 Å². The zero-order valence-electron chi connectivity index (χ0n) is 7.66. The van der Waals surface area contributed by atoms with Gasteiger partial charge in [0.1, 0.15) is 12.0 Å². The molecule has 1 rings (SSSR count). The molecule has 0 radical (unpaired) electrons. The first-order valence-electron chi connectivity index (χ1n) is 4.11. The van der Waals surface area contributed by atoms with E-state index >= 15 is 0 Å². The average Bonchev–Trinajstić information content (AvgIpc) is 2.18. The Hall–Kier alpha value is -1.27. The van der Waals surface area contributed by atoms with E-state index in [4.69, 9.17) is 10.8 Å². The molecule has 0 spiro atoms. The van der Waals surface area contributed by atoms with Crippen LogP contribution in [0.5, 0.6) is 5.75 Å². The summed E-state index contributed by atoms with van der Waals surface area (Å²) in [4.78, 5) is 0. The van der Waals surface area contributed by atoms with E-state index in [0.717, 1.165) is 0 Å². The van der Waals surface area contributed by atoms with Crippen LogP contribution >= 0.6 is 0 Å². The topological polar surface area (TPSA) is 55.5 Å². The van der Waals surface area contributed by atoms with E-state index in [1.165, 1.54) is 24.3 Å². The number of ether oxygens (including phenoxy) is 1. The van der Waals surface area contributed by atoms with Gasteiger partial charge in [0.25, 0.3) is 0 Å². The molecule has 0 saturated carbocycles.